The van der Waals surface area contributed by atoms with Crippen molar-refractivity contribution >= 4 is 17.5 Å². The lowest BCUT2D eigenvalue weighted by molar-refractivity contribution is 0.0702. The van der Waals surface area contributed by atoms with Gasteiger partial charge in [0.2, 0.25) is 0 Å². The molecule has 1 aliphatic heterocycles. The smallest absolute Gasteiger partial charge is 0.255 e. The second-order valence-corrected chi connectivity index (χ2v) is 6.77. The van der Waals surface area contributed by atoms with Crippen LogP contribution in [-0.4, -0.2) is 36.5 Å². The van der Waals surface area contributed by atoms with Crippen LogP contribution in [0.25, 0.3) is 0 Å². The number of hydrogen-bond donors (Lipinski definition) is 1. The molecule has 2 aliphatic rings. The molecule has 2 fully saturated rings. The van der Waals surface area contributed by atoms with E-state index in [9.17, 15) is 4.79 Å². The highest BCUT2D eigenvalue weighted by Gasteiger charge is 2.35. The number of carbonyl (C=O) groups is 1. The third kappa shape index (κ3) is 3.58. The van der Waals surface area contributed by atoms with E-state index in [0.717, 1.165) is 50.9 Å². The summed E-state index contributed by atoms with van der Waals surface area (Å²) in [4.78, 5) is 14.9. The van der Waals surface area contributed by atoms with Crippen LogP contribution >= 0.6 is 11.6 Å². The molecule has 1 amide bonds. The Kier molecular flexibility index (Phi) is 4.51. The molecule has 0 aromatic heterocycles. The van der Waals surface area contributed by atoms with Gasteiger partial charge in [-0.2, -0.15) is 0 Å². The second-order valence-electron chi connectivity index (χ2n) is 6.37. The van der Waals surface area contributed by atoms with Crippen molar-refractivity contribution in [3.05, 3.63) is 34.3 Å². The Morgan fingerprint density at radius 3 is 2.62 bits per heavy atom. The third-order valence-electron chi connectivity index (χ3n) is 4.52. The van der Waals surface area contributed by atoms with Crippen LogP contribution in [0.15, 0.2) is 18.2 Å². The van der Waals surface area contributed by atoms with E-state index in [1.54, 1.807) is 0 Å². The van der Waals surface area contributed by atoms with Crippen LogP contribution < -0.4 is 5.32 Å². The molecule has 1 N–H and O–H groups in total. The standard InChI is InChI=1S/C17H23ClN2O/c1-12-2-5-15(16(18)10-12)17(21)20(14-3-4-14)11-13-6-8-19-9-7-13/h2,5,10,13-14,19H,3-4,6-9,11H2,1H3. The van der Waals surface area contributed by atoms with E-state index in [-0.39, 0.29) is 5.91 Å². The number of nitrogens with one attached hydrogen (secondary N) is 1. The summed E-state index contributed by atoms with van der Waals surface area (Å²) >= 11 is 6.28. The molecule has 114 valence electrons. The molecule has 21 heavy (non-hydrogen) atoms. The lowest BCUT2D eigenvalue weighted by Crippen LogP contribution is -2.40. The minimum atomic E-state index is 0.112. The Bertz CT molecular complexity index is 522. The molecule has 1 aliphatic carbocycles. The van der Waals surface area contributed by atoms with Gasteiger partial charge in [-0.05, 0) is 69.3 Å². The van der Waals surface area contributed by atoms with Gasteiger partial charge in [-0.15, -0.1) is 0 Å². The first-order valence-corrected chi connectivity index (χ1v) is 8.31. The molecule has 3 nitrogen and oxygen atoms in total. The van der Waals surface area contributed by atoms with Crippen molar-refractivity contribution in [3.63, 3.8) is 0 Å². The number of aryl methyl sites for hydroxylation is 1. The summed E-state index contributed by atoms with van der Waals surface area (Å²) in [6, 6.07) is 6.15. The first-order valence-electron chi connectivity index (χ1n) is 7.93. The molecule has 1 saturated heterocycles. The monoisotopic (exact) mass is 306 g/mol. The van der Waals surface area contributed by atoms with E-state index in [2.05, 4.69) is 10.2 Å². The fourth-order valence-corrected chi connectivity index (χ4v) is 3.39. The zero-order chi connectivity index (χ0) is 14.8. The van der Waals surface area contributed by atoms with Gasteiger partial charge in [-0.1, -0.05) is 17.7 Å². The van der Waals surface area contributed by atoms with Crippen LogP contribution in [0.2, 0.25) is 5.02 Å². The van der Waals surface area contributed by atoms with E-state index in [1.165, 1.54) is 0 Å². The fourth-order valence-electron chi connectivity index (χ4n) is 3.07. The van der Waals surface area contributed by atoms with Gasteiger partial charge in [-0.3, -0.25) is 4.79 Å². The SMILES string of the molecule is Cc1ccc(C(=O)N(CC2CCNCC2)C2CC2)c(Cl)c1. The van der Waals surface area contributed by atoms with Crippen molar-refractivity contribution in [1.82, 2.24) is 10.2 Å². The largest absolute Gasteiger partial charge is 0.335 e. The van der Waals surface area contributed by atoms with E-state index in [4.69, 9.17) is 11.6 Å². The molecule has 1 aromatic carbocycles. The molecule has 0 spiro atoms. The minimum Gasteiger partial charge on any atom is -0.335 e. The molecule has 1 aromatic rings. The Morgan fingerprint density at radius 1 is 1.29 bits per heavy atom. The summed E-state index contributed by atoms with van der Waals surface area (Å²) in [7, 11) is 0. The van der Waals surface area contributed by atoms with Crippen LogP contribution in [0.1, 0.15) is 41.6 Å². The maximum Gasteiger partial charge on any atom is 0.255 e. The third-order valence-corrected chi connectivity index (χ3v) is 4.83. The highest BCUT2D eigenvalue weighted by atomic mass is 35.5. The lowest BCUT2D eigenvalue weighted by atomic mass is 9.97. The second kappa shape index (κ2) is 6.37. The first kappa shape index (κ1) is 14.9. The van der Waals surface area contributed by atoms with Crippen LogP contribution in [0, 0.1) is 12.8 Å². The van der Waals surface area contributed by atoms with Crippen LogP contribution in [0.3, 0.4) is 0 Å². The number of hydrogen-bond acceptors (Lipinski definition) is 2. The molecule has 4 heteroatoms. The molecule has 0 unspecified atom stereocenters. The van der Waals surface area contributed by atoms with E-state index < -0.39 is 0 Å². The molecule has 1 heterocycles. The van der Waals surface area contributed by atoms with Crippen LogP contribution in [-0.2, 0) is 0 Å². The van der Waals surface area contributed by atoms with E-state index >= 15 is 0 Å². The van der Waals surface area contributed by atoms with Crippen LogP contribution in [0.5, 0.6) is 0 Å². The summed E-state index contributed by atoms with van der Waals surface area (Å²) in [5.41, 5.74) is 1.75. The van der Waals surface area contributed by atoms with Crippen molar-refractivity contribution in [1.29, 1.82) is 0 Å². The summed E-state index contributed by atoms with van der Waals surface area (Å²) in [6.45, 7) is 5.02. The molecule has 0 bridgehead atoms. The van der Waals surface area contributed by atoms with Gasteiger partial charge < -0.3 is 10.2 Å². The molecular formula is C17H23ClN2O. The summed E-state index contributed by atoms with van der Waals surface area (Å²) in [6.07, 6.45) is 4.61. The molecule has 1 saturated carbocycles. The number of rotatable bonds is 4. The van der Waals surface area contributed by atoms with Crippen molar-refractivity contribution < 1.29 is 4.79 Å². The predicted octanol–water partition coefficient (Wildman–Crippen LogP) is 3.25. The fraction of sp³-hybridized carbons (Fsp3) is 0.588. The molecular weight excluding hydrogens is 284 g/mol. The van der Waals surface area contributed by atoms with Crippen molar-refractivity contribution in [2.75, 3.05) is 19.6 Å². The van der Waals surface area contributed by atoms with Gasteiger partial charge in [0.1, 0.15) is 0 Å². The average molecular weight is 307 g/mol. The highest BCUT2D eigenvalue weighted by molar-refractivity contribution is 6.33. The summed E-state index contributed by atoms with van der Waals surface area (Å²) in [5.74, 6) is 0.737. The zero-order valence-electron chi connectivity index (χ0n) is 12.6. The van der Waals surface area contributed by atoms with Crippen molar-refractivity contribution in [2.45, 2.75) is 38.6 Å². The zero-order valence-corrected chi connectivity index (χ0v) is 13.3. The van der Waals surface area contributed by atoms with Gasteiger partial charge in [0.05, 0.1) is 10.6 Å². The first-order chi connectivity index (χ1) is 10.1. The quantitative estimate of drug-likeness (QED) is 0.926. The summed E-state index contributed by atoms with van der Waals surface area (Å²) < 4.78 is 0. The average Bonchev–Trinajstić information content (AvgIpc) is 3.30. The van der Waals surface area contributed by atoms with Gasteiger partial charge in [-0.25, -0.2) is 0 Å². The Morgan fingerprint density at radius 2 is 2.00 bits per heavy atom. The Labute approximate surface area is 131 Å². The number of amides is 1. The normalized spacial score (nSPS) is 19.5. The lowest BCUT2D eigenvalue weighted by Gasteiger charge is -2.30. The minimum absolute atomic E-state index is 0.112. The molecule has 0 radical (unpaired) electrons. The maximum absolute atomic E-state index is 12.9. The van der Waals surface area contributed by atoms with Gasteiger partial charge in [0.25, 0.3) is 5.91 Å². The maximum atomic E-state index is 12.9. The number of nitrogens with zero attached hydrogens (tertiary/aromatic N) is 1. The van der Waals surface area contributed by atoms with Gasteiger partial charge >= 0.3 is 0 Å². The van der Waals surface area contributed by atoms with E-state index in [1.807, 2.05) is 25.1 Å². The van der Waals surface area contributed by atoms with Gasteiger partial charge in [0.15, 0.2) is 0 Å². The number of piperidine rings is 1. The number of carbonyl (C=O) groups excluding carboxylic acids is 1. The number of halogens is 1. The molecule has 3 rings (SSSR count). The van der Waals surface area contributed by atoms with Crippen molar-refractivity contribution in [3.8, 4) is 0 Å². The summed E-state index contributed by atoms with van der Waals surface area (Å²) in [5, 5.41) is 3.96. The highest BCUT2D eigenvalue weighted by Crippen LogP contribution is 2.31. The van der Waals surface area contributed by atoms with Crippen LogP contribution in [0.4, 0.5) is 0 Å². The Balaban J connectivity index is 1.75. The topological polar surface area (TPSA) is 32.3 Å². The predicted molar refractivity (Wildman–Crippen MR) is 85.8 cm³/mol. The van der Waals surface area contributed by atoms with Gasteiger partial charge in [0, 0.05) is 12.6 Å². The molecule has 0 atom stereocenters. The number of benzene rings is 1. The van der Waals surface area contributed by atoms with Crippen molar-refractivity contribution in [2.24, 2.45) is 5.92 Å². The Hall–Kier alpha value is -1.06. The van der Waals surface area contributed by atoms with E-state index in [0.29, 0.717) is 22.5 Å².